The Morgan fingerprint density at radius 3 is 2.74 bits per heavy atom. The summed E-state index contributed by atoms with van der Waals surface area (Å²) in [5.74, 6) is -0.999. The van der Waals surface area contributed by atoms with Gasteiger partial charge in [-0.1, -0.05) is 0 Å². The number of aryl methyl sites for hydroxylation is 2. The second-order valence-electron chi connectivity index (χ2n) is 4.31. The monoisotopic (exact) mass is 297 g/mol. The number of nitrogens with two attached hydrogens (primary N) is 1. The first-order valence-electron chi connectivity index (χ1n) is 5.80. The average Bonchev–Trinajstić information content (AvgIpc) is 2.87. The van der Waals surface area contributed by atoms with E-state index in [0.29, 0.717) is 6.42 Å². The molecule has 0 radical (unpaired) electrons. The third-order valence-corrected chi connectivity index (χ3v) is 4.69. The first kappa shape index (κ1) is 14.1. The summed E-state index contributed by atoms with van der Waals surface area (Å²) >= 11 is 3.19. The first-order chi connectivity index (χ1) is 8.95. The molecule has 2 aromatic rings. The third-order valence-electron chi connectivity index (χ3n) is 2.72. The molecular weight excluding hydrogens is 282 g/mol. The van der Waals surface area contributed by atoms with E-state index >= 15 is 0 Å². The number of aliphatic carboxylic acids is 1. The van der Waals surface area contributed by atoms with E-state index in [1.807, 2.05) is 12.3 Å². The molecule has 0 saturated heterocycles. The number of aromatic nitrogens is 2. The Morgan fingerprint density at radius 1 is 1.42 bits per heavy atom. The second-order valence-corrected chi connectivity index (χ2v) is 6.54. The highest BCUT2D eigenvalue weighted by Gasteiger charge is 2.15. The van der Waals surface area contributed by atoms with Crippen LogP contribution in [0, 0.1) is 13.8 Å². The quantitative estimate of drug-likeness (QED) is 0.878. The zero-order chi connectivity index (χ0) is 14.0. The zero-order valence-electron chi connectivity index (χ0n) is 10.7. The van der Waals surface area contributed by atoms with E-state index in [4.69, 9.17) is 10.8 Å². The van der Waals surface area contributed by atoms with Crippen LogP contribution in [0.15, 0.2) is 5.38 Å². The van der Waals surface area contributed by atoms with Gasteiger partial charge in [-0.25, -0.2) is 9.97 Å². The number of carboxylic acid groups (broad SMARTS) is 1. The van der Waals surface area contributed by atoms with Gasteiger partial charge < -0.3 is 10.8 Å². The van der Waals surface area contributed by atoms with Crippen molar-refractivity contribution in [1.82, 2.24) is 9.97 Å². The largest absolute Gasteiger partial charge is 0.480 e. The Kier molecular flexibility index (Phi) is 4.28. The molecule has 2 rings (SSSR count). The summed E-state index contributed by atoms with van der Waals surface area (Å²) in [4.78, 5) is 20.8. The van der Waals surface area contributed by atoms with E-state index < -0.39 is 12.0 Å². The molecule has 0 bridgehead atoms. The van der Waals surface area contributed by atoms with Crippen LogP contribution in [-0.4, -0.2) is 27.1 Å². The minimum absolute atomic E-state index is 0.266. The van der Waals surface area contributed by atoms with Crippen molar-refractivity contribution in [3.8, 4) is 0 Å². The van der Waals surface area contributed by atoms with Crippen molar-refractivity contribution in [3.05, 3.63) is 31.7 Å². The van der Waals surface area contributed by atoms with Gasteiger partial charge in [-0.15, -0.1) is 22.7 Å². The fourth-order valence-corrected chi connectivity index (χ4v) is 3.42. The molecule has 0 aliphatic rings. The van der Waals surface area contributed by atoms with E-state index in [1.165, 1.54) is 16.2 Å². The third kappa shape index (κ3) is 3.59. The molecule has 0 aliphatic heterocycles. The van der Waals surface area contributed by atoms with E-state index in [2.05, 4.69) is 16.9 Å². The second kappa shape index (κ2) is 5.77. The van der Waals surface area contributed by atoms with E-state index in [-0.39, 0.29) is 6.42 Å². The molecule has 0 amide bonds. The van der Waals surface area contributed by atoms with Gasteiger partial charge in [0.2, 0.25) is 0 Å². The number of rotatable bonds is 5. The topological polar surface area (TPSA) is 89.1 Å². The lowest BCUT2D eigenvalue weighted by Crippen LogP contribution is -2.32. The van der Waals surface area contributed by atoms with Crippen molar-refractivity contribution in [2.45, 2.75) is 32.7 Å². The van der Waals surface area contributed by atoms with Crippen LogP contribution in [0.2, 0.25) is 0 Å². The fourth-order valence-electron chi connectivity index (χ4n) is 1.58. The van der Waals surface area contributed by atoms with Crippen molar-refractivity contribution in [2.75, 3.05) is 0 Å². The number of thiazole rings is 2. The van der Waals surface area contributed by atoms with Crippen LogP contribution in [0.5, 0.6) is 0 Å². The van der Waals surface area contributed by atoms with Crippen LogP contribution in [-0.2, 0) is 17.6 Å². The maximum atomic E-state index is 10.7. The Bertz CT molecular complexity index is 572. The van der Waals surface area contributed by atoms with Crippen LogP contribution >= 0.6 is 22.7 Å². The molecule has 7 heteroatoms. The standard InChI is InChI=1S/C12H15N3O2S2/c1-6-7(2)19-11(14-6)4-10-15-8(5-18-10)3-9(13)12(16)17/h5,9H,3-4,13H2,1-2H3,(H,16,17). The van der Waals surface area contributed by atoms with E-state index in [0.717, 1.165) is 21.4 Å². The van der Waals surface area contributed by atoms with Crippen LogP contribution < -0.4 is 5.73 Å². The minimum atomic E-state index is -0.999. The summed E-state index contributed by atoms with van der Waals surface area (Å²) in [5, 5.41) is 12.6. The lowest BCUT2D eigenvalue weighted by atomic mass is 10.2. The number of nitrogens with zero attached hydrogens (tertiary/aromatic N) is 2. The molecule has 1 unspecified atom stereocenters. The molecular formula is C12H15N3O2S2. The molecule has 19 heavy (non-hydrogen) atoms. The van der Waals surface area contributed by atoms with Gasteiger partial charge >= 0.3 is 5.97 Å². The smallest absolute Gasteiger partial charge is 0.320 e. The van der Waals surface area contributed by atoms with Crippen LogP contribution in [0.1, 0.15) is 26.3 Å². The van der Waals surface area contributed by atoms with Crippen molar-refractivity contribution in [1.29, 1.82) is 0 Å². The van der Waals surface area contributed by atoms with Gasteiger partial charge in [0.05, 0.1) is 27.8 Å². The van der Waals surface area contributed by atoms with Crippen molar-refractivity contribution in [3.63, 3.8) is 0 Å². The maximum absolute atomic E-state index is 10.7. The summed E-state index contributed by atoms with van der Waals surface area (Å²) in [6, 6.07) is -0.890. The summed E-state index contributed by atoms with van der Waals surface area (Å²) in [6.07, 6.45) is 0.966. The lowest BCUT2D eigenvalue weighted by Gasteiger charge is -2.02. The lowest BCUT2D eigenvalue weighted by molar-refractivity contribution is -0.138. The van der Waals surface area contributed by atoms with Gasteiger partial charge in [0.15, 0.2) is 0 Å². The molecule has 0 fully saturated rings. The van der Waals surface area contributed by atoms with Gasteiger partial charge in [0.25, 0.3) is 0 Å². The highest BCUT2D eigenvalue weighted by molar-refractivity contribution is 7.12. The molecule has 0 aliphatic carbocycles. The molecule has 2 heterocycles. The summed E-state index contributed by atoms with van der Waals surface area (Å²) in [5.41, 5.74) is 7.28. The Hall–Kier alpha value is -1.31. The van der Waals surface area contributed by atoms with Gasteiger partial charge in [0, 0.05) is 16.7 Å². The summed E-state index contributed by atoms with van der Waals surface area (Å²) < 4.78 is 0. The van der Waals surface area contributed by atoms with Gasteiger partial charge in [-0.05, 0) is 13.8 Å². The number of hydrogen-bond donors (Lipinski definition) is 2. The predicted octanol–water partition coefficient (Wildman–Crippen LogP) is 1.76. The SMILES string of the molecule is Cc1nc(Cc2nc(CC(N)C(=O)O)cs2)sc1C. The van der Waals surface area contributed by atoms with Crippen LogP contribution in [0.4, 0.5) is 0 Å². The fraction of sp³-hybridized carbons (Fsp3) is 0.417. The molecule has 1 atom stereocenters. The Morgan fingerprint density at radius 2 is 2.16 bits per heavy atom. The Balaban J connectivity index is 2.03. The van der Waals surface area contributed by atoms with Crippen molar-refractivity contribution in [2.24, 2.45) is 5.73 Å². The number of carboxylic acids is 1. The molecule has 0 saturated carbocycles. The summed E-state index contributed by atoms with van der Waals surface area (Å²) in [6.45, 7) is 4.05. The molecule has 2 aromatic heterocycles. The van der Waals surface area contributed by atoms with Crippen LogP contribution in [0.25, 0.3) is 0 Å². The first-order valence-corrected chi connectivity index (χ1v) is 7.50. The molecule has 102 valence electrons. The molecule has 3 N–H and O–H groups in total. The van der Waals surface area contributed by atoms with Crippen molar-refractivity contribution >= 4 is 28.6 Å². The molecule has 0 spiro atoms. The molecule has 5 nitrogen and oxygen atoms in total. The molecule has 0 aromatic carbocycles. The highest BCUT2D eigenvalue weighted by Crippen LogP contribution is 2.21. The van der Waals surface area contributed by atoms with E-state index in [1.54, 1.807) is 11.3 Å². The Labute approximate surface area is 119 Å². The predicted molar refractivity (Wildman–Crippen MR) is 75.8 cm³/mol. The van der Waals surface area contributed by atoms with Gasteiger partial charge in [-0.3, -0.25) is 4.79 Å². The highest BCUT2D eigenvalue weighted by atomic mass is 32.1. The van der Waals surface area contributed by atoms with E-state index in [9.17, 15) is 4.79 Å². The number of carbonyl (C=O) groups is 1. The maximum Gasteiger partial charge on any atom is 0.320 e. The average molecular weight is 297 g/mol. The number of hydrogen-bond acceptors (Lipinski definition) is 6. The zero-order valence-corrected chi connectivity index (χ0v) is 12.3. The van der Waals surface area contributed by atoms with Gasteiger partial charge in [0.1, 0.15) is 6.04 Å². The van der Waals surface area contributed by atoms with Gasteiger partial charge in [-0.2, -0.15) is 0 Å². The van der Waals surface area contributed by atoms with Crippen LogP contribution in [0.3, 0.4) is 0 Å². The van der Waals surface area contributed by atoms with Crippen molar-refractivity contribution < 1.29 is 9.90 Å². The normalized spacial score (nSPS) is 12.6. The summed E-state index contributed by atoms with van der Waals surface area (Å²) in [7, 11) is 0. The minimum Gasteiger partial charge on any atom is -0.480 e.